The molecule has 0 bridgehead atoms. The maximum absolute atomic E-state index is 14.5. The molecule has 2 aromatic carbocycles. The number of carboxylic acid groups (broad SMARTS) is 2. The Balaban J connectivity index is 1.91. The number of nitrogens with zero attached hydrogens (tertiary/aromatic N) is 1. The van der Waals surface area contributed by atoms with Gasteiger partial charge in [0.2, 0.25) is 59.1 Å². The number of carboxylic acids is 2. The highest BCUT2D eigenvalue weighted by Gasteiger charge is 2.41. The normalized spacial score (nSPS) is 15.9. The molecular weight excluding hydrogens is 1080 g/mol. The van der Waals surface area contributed by atoms with Crippen molar-refractivity contribution in [3.63, 3.8) is 0 Å². The topological polar surface area (TPSA) is 443 Å². The highest BCUT2D eigenvalue weighted by atomic mass is 32.2. The molecule has 1 aliphatic rings. The number of unbranched alkanes of at least 4 members (excludes halogenated alkanes) is 1. The van der Waals surface area contributed by atoms with Crippen molar-refractivity contribution in [1.82, 2.24) is 47.4 Å². The standard InChI is InChI=1S/C53H78N12O15S/c1-29(2)23-36(48(74)60-35(53(79)80)19-22-81-4)58-43(68)28-57-46(72)37(25-32-15-17-33(66)18-16-32)61-49(75)38(24-31-11-6-5-7-12-31)62-47(73)34(13-8-9-20-54)59-50(76)39(26-42(56)67)63-51(77)41-14-10-21-65(41)52(78)40(27-44(69)70)64-45(71)30(3)55/h5-7,11-12,15-18,29-30,34-41,66H,8-10,13-14,19-28,54-55H2,1-4H3,(H2,56,67)(H,57,72)(H,58,68)(H,59,76)(H,60,74)(H,61,75)(H,62,73)(H,63,77)(H,64,71)(H,69,70)(H,79,80)/t30-,34-,35-,36-,37-,38-,39-,40-,41-/m0/s1. The second kappa shape index (κ2) is 34.3. The highest BCUT2D eigenvalue weighted by Crippen LogP contribution is 2.21. The number of phenols is 1. The third-order valence-electron chi connectivity index (χ3n) is 12.8. The van der Waals surface area contributed by atoms with Gasteiger partial charge in [0.15, 0.2) is 0 Å². The molecule has 81 heavy (non-hydrogen) atoms. The summed E-state index contributed by atoms with van der Waals surface area (Å²) in [5.74, 6) is -11.5. The molecule has 1 saturated heterocycles. The molecule has 2 aromatic rings. The molecule has 0 spiro atoms. The Bertz CT molecular complexity index is 2500. The number of likely N-dealkylation sites (tertiary alicyclic amines) is 1. The average Bonchev–Trinajstić information content (AvgIpc) is 3.94. The summed E-state index contributed by atoms with van der Waals surface area (Å²) >= 11 is 1.39. The number of aliphatic carboxylic acids is 2. The van der Waals surface area contributed by atoms with Gasteiger partial charge >= 0.3 is 11.9 Å². The zero-order chi connectivity index (χ0) is 60.3. The van der Waals surface area contributed by atoms with E-state index in [9.17, 15) is 72.9 Å². The van der Waals surface area contributed by atoms with Gasteiger partial charge in [-0.2, -0.15) is 11.8 Å². The lowest BCUT2D eigenvalue weighted by atomic mass is 10.0. The maximum Gasteiger partial charge on any atom is 0.326 e. The number of carbonyl (C=O) groups is 12. The summed E-state index contributed by atoms with van der Waals surface area (Å²) in [6, 6.07) is 1.61. The van der Waals surface area contributed by atoms with E-state index >= 15 is 0 Å². The predicted molar refractivity (Wildman–Crippen MR) is 296 cm³/mol. The monoisotopic (exact) mass is 1150 g/mol. The number of nitrogens with one attached hydrogen (secondary N) is 8. The van der Waals surface area contributed by atoms with Crippen LogP contribution in [0.4, 0.5) is 0 Å². The van der Waals surface area contributed by atoms with Crippen LogP contribution in [0.3, 0.4) is 0 Å². The van der Waals surface area contributed by atoms with Gasteiger partial charge < -0.3 is 80.0 Å². The van der Waals surface area contributed by atoms with Crippen LogP contribution in [0.2, 0.25) is 0 Å². The fraction of sp³-hybridized carbons (Fsp3) is 0.547. The van der Waals surface area contributed by atoms with Crippen LogP contribution < -0.4 is 59.7 Å². The van der Waals surface area contributed by atoms with E-state index in [1.54, 1.807) is 50.4 Å². The lowest BCUT2D eigenvalue weighted by Gasteiger charge is -2.30. The van der Waals surface area contributed by atoms with E-state index in [0.717, 1.165) is 4.90 Å². The molecule has 1 fully saturated rings. The fourth-order valence-corrected chi connectivity index (χ4v) is 9.05. The quantitative estimate of drug-likeness (QED) is 0.0314. The van der Waals surface area contributed by atoms with E-state index in [-0.39, 0.29) is 76.1 Å². The molecule has 0 radical (unpaired) electrons. The maximum atomic E-state index is 14.5. The first-order chi connectivity index (χ1) is 38.3. The summed E-state index contributed by atoms with van der Waals surface area (Å²) in [4.78, 5) is 161. The van der Waals surface area contributed by atoms with Crippen LogP contribution in [0.1, 0.15) is 89.7 Å². The molecule has 446 valence electrons. The van der Waals surface area contributed by atoms with Gasteiger partial charge in [0.1, 0.15) is 54.1 Å². The molecule has 0 aromatic heterocycles. The first-order valence-corrected chi connectivity index (χ1v) is 27.9. The van der Waals surface area contributed by atoms with E-state index in [2.05, 4.69) is 42.5 Å². The minimum absolute atomic E-state index is 0.0352. The molecule has 0 saturated carbocycles. The zero-order valence-electron chi connectivity index (χ0n) is 45.9. The smallest absolute Gasteiger partial charge is 0.326 e. The molecule has 3 rings (SSSR count). The minimum Gasteiger partial charge on any atom is -0.508 e. The fourth-order valence-electron chi connectivity index (χ4n) is 8.58. The molecule has 1 heterocycles. The van der Waals surface area contributed by atoms with Gasteiger partial charge in [-0.1, -0.05) is 56.3 Å². The van der Waals surface area contributed by atoms with Crippen molar-refractivity contribution in [2.24, 2.45) is 23.1 Å². The molecule has 10 amide bonds. The number of carbonyl (C=O) groups excluding carboxylic acids is 10. The number of aromatic hydroxyl groups is 1. The van der Waals surface area contributed by atoms with Crippen molar-refractivity contribution in [2.75, 3.05) is 31.6 Å². The summed E-state index contributed by atoms with van der Waals surface area (Å²) in [5, 5.41) is 49.2. The van der Waals surface area contributed by atoms with E-state index in [1.165, 1.54) is 43.0 Å². The van der Waals surface area contributed by atoms with Crippen LogP contribution >= 0.6 is 11.8 Å². The van der Waals surface area contributed by atoms with Crippen molar-refractivity contribution in [2.45, 2.75) is 146 Å². The van der Waals surface area contributed by atoms with Gasteiger partial charge in [0, 0.05) is 19.4 Å². The van der Waals surface area contributed by atoms with Crippen molar-refractivity contribution in [3.05, 3.63) is 65.7 Å². The lowest BCUT2D eigenvalue weighted by Crippen LogP contribution is -2.60. The third kappa shape index (κ3) is 23.8. The van der Waals surface area contributed by atoms with Crippen molar-refractivity contribution in [3.8, 4) is 5.75 Å². The summed E-state index contributed by atoms with van der Waals surface area (Å²) in [6.45, 7) is 4.37. The SMILES string of the molecule is CSCC[C@H](NC(=O)[C@H](CC(C)C)NC(=O)CNC(=O)[C@H](Cc1ccc(O)cc1)NC(=O)[C@H](Cc1ccccc1)NC(=O)[C@H](CCCCN)NC(=O)[C@H](CC(N)=O)NC(=O)[C@@H]1CCCN1C(=O)[C@H](CC(=O)O)NC(=O)[C@H](C)N)C(=O)O. The molecule has 27 nitrogen and oxygen atoms in total. The van der Waals surface area contributed by atoms with Crippen LogP contribution in [0.5, 0.6) is 5.75 Å². The number of hydrogen-bond donors (Lipinski definition) is 14. The van der Waals surface area contributed by atoms with E-state index in [4.69, 9.17) is 17.2 Å². The first kappa shape index (κ1) is 67.4. The number of primary amides is 1. The van der Waals surface area contributed by atoms with E-state index in [0.29, 0.717) is 23.3 Å². The summed E-state index contributed by atoms with van der Waals surface area (Å²) in [6.07, 6.45) is 0.876. The van der Waals surface area contributed by atoms with Crippen LogP contribution in [0, 0.1) is 5.92 Å². The zero-order valence-corrected chi connectivity index (χ0v) is 46.7. The molecule has 0 unspecified atom stereocenters. The van der Waals surface area contributed by atoms with Crippen LogP contribution in [-0.2, 0) is 70.4 Å². The van der Waals surface area contributed by atoms with Gasteiger partial charge in [0.05, 0.1) is 25.4 Å². The Hall–Kier alpha value is -7.85. The molecular formula is C53H78N12O15S. The lowest BCUT2D eigenvalue weighted by molar-refractivity contribution is -0.146. The minimum atomic E-state index is -1.73. The Morgan fingerprint density at radius 2 is 1.20 bits per heavy atom. The van der Waals surface area contributed by atoms with Gasteiger partial charge in [-0.15, -0.1) is 0 Å². The van der Waals surface area contributed by atoms with Crippen LogP contribution in [0.25, 0.3) is 0 Å². The van der Waals surface area contributed by atoms with Crippen molar-refractivity contribution < 1.29 is 72.9 Å². The van der Waals surface area contributed by atoms with Crippen LogP contribution in [-0.4, -0.2) is 177 Å². The second-order valence-electron chi connectivity index (χ2n) is 20.0. The van der Waals surface area contributed by atoms with Crippen molar-refractivity contribution in [1.29, 1.82) is 0 Å². The van der Waals surface area contributed by atoms with Gasteiger partial charge in [-0.3, -0.25) is 52.7 Å². The van der Waals surface area contributed by atoms with Crippen LogP contribution in [0.15, 0.2) is 54.6 Å². The summed E-state index contributed by atoms with van der Waals surface area (Å²) in [5.41, 5.74) is 17.9. The largest absolute Gasteiger partial charge is 0.508 e. The Kier molecular flexibility index (Phi) is 28.6. The molecule has 28 heteroatoms. The number of phenolic OH excluding ortho intramolecular Hbond substituents is 1. The molecule has 17 N–H and O–H groups in total. The van der Waals surface area contributed by atoms with E-state index < -0.39 is 145 Å². The Labute approximate surface area is 473 Å². The predicted octanol–water partition coefficient (Wildman–Crippen LogP) is -2.61. The number of thioether (sulfide) groups is 1. The van der Waals surface area contributed by atoms with Gasteiger partial charge in [-0.25, -0.2) is 4.79 Å². The van der Waals surface area contributed by atoms with E-state index in [1.807, 2.05) is 0 Å². The third-order valence-corrected chi connectivity index (χ3v) is 13.4. The summed E-state index contributed by atoms with van der Waals surface area (Å²) < 4.78 is 0. The Morgan fingerprint density at radius 3 is 1.77 bits per heavy atom. The number of benzene rings is 2. The van der Waals surface area contributed by atoms with Crippen molar-refractivity contribution >= 4 is 82.8 Å². The average molecular weight is 1160 g/mol. The number of rotatable bonds is 35. The second-order valence-corrected chi connectivity index (χ2v) is 21.0. The number of hydrogen-bond acceptors (Lipinski definition) is 16. The number of nitrogens with two attached hydrogens (primary N) is 3. The highest BCUT2D eigenvalue weighted by molar-refractivity contribution is 7.98. The number of amides is 10. The Morgan fingerprint density at radius 1 is 0.642 bits per heavy atom. The molecule has 0 aliphatic carbocycles. The first-order valence-electron chi connectivity index (χ1n) is 26.5. The summed E-state index contributed by atoms with van der Waals surface area (Å²) in [7, 11) is 0. The molecule has 1 aliphatic heterocycles. The van der Waals surface area contributed by atoms with Gasteiger partial charge in [-0.05, 0) is 99.6 Å². The molecule has 9 atom stereocenters. The van der Waals surface area contributed by atoms with Gasteiger partial charge in [0.25, 0.3) is 0 Å².